The Morgan fingerprint density at radius 2 is 1.50 bits per heavy atom. The van der Waals surface area contributed by atoms with Gasteiger partial charge >= 0.3 is 0 Å². The molecule has 0 spiro atoms. The van der Waals surface area contributed by atoms with Crippen molar-refractivity contribution in [2.45, 2.75) is 95.2 Å². The highest BCUT2D eigenvalue weighted by Gasteiger charge is 2.42. The number of hydrogen-bond acceptors (Lipinski definition) is 5. The van der Waals surface area contributed by atoms with E-state index in [1.807, 2.05) is 0 Å². The van der Waals surface area contributed by atoms with Crippen LogP contribution in [0.1, 0.15) is 64.7 Å². The summed E-state index contributed by atoms with van der Waals surface area (Å²) in [5.41, 5.74) is 0. The molecule has 0 heterocycles. The number of rotatable bonds is 9. The first-order chi connectivity index (χ1) is 10.5. The summed E-state index contributed by atoms with van der Waals surface area (Å²) in [5.74, 6) is -0.187. The zero-order valence-electron chi connectivity index (χ0n) is 13.4. The molecule has 5 N–H and O–H groups in total. The molecule has 0 bridgehead atoms. The lowest BCUT2D eigenvalue weighted by atomic mass is 9.85. The Bertz CT molecular complexity index is 326. The zero-order valence-corrected chi connectivity index (χ0v) is 13.4. The molecule has 6 heteroatoms. The van der Waals surface area contributed by atoms with Gasteiger partial charge in [-0.2, -0.15) is 0 Å². The molecule has 0 aromatic heterocycles. The number of unbranched alkanes of at least 4 members (excludes halogenated alkanes) is 6. The van der Waals surface area contributed by atoms with Crippen molar-refractivity contribution in [1.82, 2.24) is 5.32 Å². The van der Waals surface area contributed by atoms with E-state index in [1.165, 1.54) is 25.7 Å². The summed E-state index contributed by atoms with van der Waals surface area (Å²) < 4.78 is 0. The average Bonchev–Trinajstić information content (AvgIpc) is 2.49. The van der Waals surface area contributed by atoms with Gasteiger partial charge in [0.25, 0.3) is 0 Å². The van der Waals surface area contributed by atoms with Gasteiger partial charge in [-0.3, -0.25) is 4.79 Å². The fourth-order valence-electron chi connectivity index (χ4n) is 2.87. The summed E-state index contributed by atoms with van der Waals surface area (Å²) in [6, 6.07) is -0.717. The molecule has 0 unspecified atom stereocenters. The third kappa shape index (κ3) is 6.20. The van der Waals surface area contributed by atoms with E-state index < -0.39 is 30.5 Å². The highest BCUT2D eigenvalue weighted by atomic mass is 16.4. The van der Waals surface area contributed by atoms with Crippen LogP contribution in [0.15, 0.2) is 0 Å². The predicted molar refractivity (Wildman–Crippen MR) is 83.2 cm³/mol. The first-order valence-corrected chi connectivity index (χ1v) is 8.49. The molecule has 0 aliphatic heterocycles. The van der Waals surface area contributed by atoms with Crippen LogP contribution in [-0.2, 0) is 4.79 Å². The Kier molecular flexibility index (Phi) is 8.93. The molecule has 5 atom stereocenters. The van der Waals surface area contributed by atoms with Gasteiger partial charge in [-0.1, -0.05) is 45.4 Å². The lowest BCUT2D eigenvalue weighted by molar-refractivity contribution is -0.151. The van der Waals surface area contributed by atoms with Crippen molar-refractivity contribution in [2.24, 2.45) is 0 Å². The van der Waals surface area contributed by atoms with Gasteiger partial charge in [0.05, 0.1) is 12.1 Å². The SMILES string of the molecule is CCCCCCCCCC(=O)N[C@@H]1C[C@@H](O)[C@H](O)[C@@H](O)[C@H]1O. The van der Waals surface area contributed by atoms with Crippen LogP contribution in [0.5, 0.6) is 0 Å². The molecule has 0 aromatic carbocycles. The van der Waals surface area contributed by atoms with Gasteiger partial charge in [-0.25, -0.2) is 0 Å². The van der Waals surface area contributed by atoms with Crippen LogP contribution < -0.4 is 5.32 Å². The molecular formula is C16H31NO5. The van der Waals surface area contributed by atoms with E-state index in [9.17, 15) is 25.2 Å². The van der Waals surface area contributed by atoms with Crippen LogP contribution in [0, 0.1) is 0 Å². The normalized spacial score (nSPS) is 32.0. The predicted octanol–water partition coefficient (Wildman–Crippen LogP) is 0.459. The van der Waals surface area contributed by atoms with Gasteiger partial charge in [0, 0.05) is 6.42 Å². The van der Waals surface area contributed by atoms with Gasteiger partial charge in [0.15, 0.2) is 0 Å². The first kappa shape index (κ1) is 19.4. The second kappa shape index (κ2) is 10.2. The standard InChI is InChI=1S/C16H31NO5/c1-2-3-4-5-6-7-8-9-13(19)17-11-10-12(18)15(21)16(22)14(11)20/h11-12,14-16,18,20-22H,2-10H2,1H3,(H,17,19)/t11-,12-,14+,15+,16+/m1/s1. The lowest BCUT2D eigenvalue weighted by Gasteiger charge is -2.38. The fourth-order valence-corrected chi connectivity index (χ4v) is 2.87. The third-order valence-corrected chi connectivity index (χ3v) is 4.36. The van der Waals surface area contributed by atoms with Crippen LogP contribution in [-0.4, -0.2) is 56.8 Å². The smallest absolute Gasteiger partial charge is 0.220 e. The van der Waals surface area contributed by atoms with Crippen LogP contribution in [0.4, 0.5) is 0 Å². The Balaban J connectivity index is 2.19. The zero-order chi connectivity index (χ0) is 16.5. The number of aliphatic hydroxyl groups is 4. The minimum absolute atomic E-state index is 0.0438. The number of nitrogens with one attached hydrogen (secondary N) is 1. The van der Waals surface area contributed by atoms with Crippen molar-refractivity contribution in [2.75, 3.05) is 0 Å². The van der Waals surface area contributed by atoms with E-state index in [-0.39, 0.29) is 12.3 Å². The topological polar surface area (TPSA) is 110 Å². The molecule has 1 saturated carbocycles. The van der Waals surface area contributed by atoms with Crippen molar-refractivity contribution >= 4 is 5.91 Å². The number of aliphatic hydroxyl groups excluding tert-OH is 4. The third-order valence-electron chi connectivity index (χ3n) is 4.36. The van der Waals surface area contributed by atoms with Gasteiger partial charge in [0.2, 0.25) is 5.91 Å². The summed E-state index contributed by atoms with van der Waals surface area (Å²) in [6.07, 6.45) is 3.09. The molecule has 1 amide bonds. The average molecular weight is 317 g/mol. The Morgan fingerprint density at radius 3 is 2.14 bits per heavy atom. The van der Waals surface area contributed by atoms with E-state index in [1.54, 1.807) is 0 Å². The molecule has 1 aliphatic rings. The second-order valence-electron chi connectivity index (χ2n) is 6.32. The van der Waals surface area contributed by atoms with Crippen molar-refractivity contribution in [3.05, 3.63) is 0 Å². The van der Waals surface area contributed by atoms with Crippen molar-refractivity contribution in [1.29, 1.82) is 0 Å². The van der Waals surface area contributed by atoms with Crippen LogP contribution in [0.2, 0.25) is 0 Å². The molecule has 1 aliphatic carbocycles. The Morgan fingerprint density at radius 1 is 0.909 bits per heavy atom. The number of amides is 1. The minimum atomic E-state index is -1.44. The molecule has 6 nitrogen and oxygen atoms in total. The molecule has 0 saturated heterocycles. The van der Waals surface area contributed by atoms with E-state index in [0.717, 1.165) is 19.3 Å². The van der Waals surface area contributed by atoms with Crippen LogP contribution >= 0.6 is 0 Å². The molecule has 1 rings (SSSR count). The van der Waals surface area contributed by atoms with Gasteiger partial charge in [0.1, 0.15) is 18.3 Å². The fraction of sp³-hybridized carbons (Fsp3) is 0.938. The monoisotopic (exact) mass is 317 g/mol. The Labute approximate surface area is 132 Å². The van der Waals surface area contributed by atoms with E-state index in [0.29, 0.717) is 6.42 Å². The summed E-state index contributed by atoms with van der Waals surface area (Å²) in [6.45, 7) is 2.18. The molecule has 0 aromatic rings. The molecule has 22 heavy (non-hydrogen) atoms. The van der Waals surface area contributed by atoms with E-state index in [4.69, 9.17) is 0 Å². The molecule has 1 fully saturated rings. The maximum Gasteiger partial charge on any atom is 0.220 e. The number of carbonyl (C=O) groups excluding carboxylic acids is 1. The van der Waals surface area contributed by atoms with Gasteiger partial charge in [-0.15, -0.1) is 0 Å². The molecule has 130 valence electrons. The number of carbonyl (C=O) groups is 1. The summed E-state index contributed by atoms with van der Waals surface area (Å²) in [4.78, 5) is 11.8. The summed E-state index contributed by atoms with van der Waals surface area (Å²) in [5, 5.41) is 41.1. The molecule has 0 radical (unpaired) electrons. The quantitative estimate of drug-likeness (QED) is 0.397. The van der Waals surface area contributed by atoms with Crippen molar-refractivity contribution in [3.63, 3.8) is 0 Å². The second-order valence-corrected chi connectivity index (χ2v) is 6.32. The van der Waals surface area contributed by atoms with Gasteiger partial charge in [-0.05, 0) is 12.8 Å². The largest absolute Gasteiger partial charge is 0.390 e. The van der Waals surface area contributed by atoms with Gasteiger partial charge < -0.3 is 25.7 Å². The van der Waals surface area contributed by atoms with E-state index >= 15 is 0 Å². The van der Waals surface area contributed by atoms with Crippen molar-refractivity contribution < 1.29 is 25.2 Å². The minimum Gasteiger partial charge on any atom is -0.390 e. The summed E-state index contributed by atoms with van der Waals surface area (Å²) in [7, 11) is 0. The highest BCUT2D eigenvalue weighted by Crippen LogP contribution is 2.21. The number of hydrogen-bond donors (Lipinski definition) is 5. The molecular weight excluding hydrogens is 286 g/mol. The van der Waals surface area contributed by atoms with E-state index in [2.05, 4.69) is 12.2 Å². The first-order valence-electron chi connectivity index (χ1n) is 8.49. The Hall–Kier alpha value is -0.690. The van der Waals surface area contributed by atoms with Crippen LogP contribution in [0.25, 0.3) is 0 Å². The summed E-state index contributed by atoms with van der Waals surface area (Å²) >= 11 is 0. The van der Waals surface area contributed by atoms with Crippen molar-refractivity contribution in [3.8, 4) is 0 Å². The maximum atomic E-state index is 11.8. The maximum absolute atomic E-state index is 11.8. The van der Waals surface area contributed by atoms with Crippen LogP contribution in [0.3, 0.4) is 0 Å². The highest BCUT2D eigenvalue weighted by molar-refractivity contribution is 5.76. The lowest BCUT2D eigenvalue weighted by Crippen LogP contribution is -2.60.